The lowest BCUT2D eigenvalue weighted by Crippen LogP contribution is -2.24. The van der Waals surface area contributed by atoms with Crippen LogP contribution in [0.3, 0.4) is 0 Å². The number of hydrogen-bond donors (Lipinski definition) is 1. The van der Waals surface area contributed by atoms with E-state index < -0.39 is 7.92 Å². The normalized spacial score (nSPS) is 12.9. The first kappa shape index (κ1) is 21.6. The fraction of sp³-hybridized carbons (Fsp3) is 0.167. The van der Waals surface area contributed by atoms with E-state index >= 15 is 0 Å². The standard InChI is InChI=1S/C30H28NOP/c1-22(32)31-29-20-23-12-16-25(29)17-13-24-15-19-26(18-14-23)30(21-24)33(27-8-4-2-5-9-27)28-10-6-3-7-11-28/h2-12,15-16,19-21H,13-14,17-18H2,1H3,(H,31,32). The number of amides is 1. The lowest BCUT2D eigenvalue weighted by Gasteiger charge is -2.24. The SMILES string of the molecule is CC(=O)Nc1cc2ccc1CCc1ccc(c(P(c3ccccc3)c3ccccc3)c1)CC2. The smallest absolute Gasteiger partial charge is 0.221 e. The van der Waals surface area contributed by atoms with E-state index in [9.17, 15) is 4.79 Å². The van der Waals surface area contributed by atoms with Gasteiger partial charge in [-0.05, 0) is 77.8 Å². The largest absolute Gasteiger partial charge is 0.326 e. The molecule has 33 heavy (non-hydrogen) atoms. The van der Waals surface area contributed by atoms with Crippen LogP contribution in [0.4, 0.5) is 5.69 Å². The van der Waals surface area contributed by atoms with Crippen LogP contribution in [0.15, 0.2) is 97.1 Å². The van der Waals surface area contributed by atoms with E-state index in [1.54, 1.807) is 6.92 Å². The monoisotopic (exact) mass is 449 g/mol. The van der Waals surface area contributed by atoms with Crippen LogP contribution in [0, 0.1) is 0 Å². The molecule has 0 aliphatic heterocycles. The molecule has 1 amide bonds. The summed E-state index contributed by atoms with van der Waals surface area (Å²) in [7, 11) is -0.631. The minimum Gasteiger partial charge on any atom is -0.326 e. The molecular weight excluding hydrogens is 421 g/mol. The summed E-state index contributed by atoms with van der Waals surface area (Å²) in [5, 5.41) is 7.29. The number of anilines is 1. The third-order valence-corrected chi connectivity index (χ3v) is 8.80. The molecule has 0 spiro atoms. The first-order chi connectivity index (χ1) is 16.2. The molecule has 164 valence electrons. The Morgan fingerprint density at radius 2 is 1.21 bits per heavy atom. The summed E-state index contributed by atoms with van der Waals surface area (Å²) in [5.74, 6) is -0.0116. The molecule has 0 unspecified atom stereocenters. The van der Waals surface area contributed by atoms with Gasteiger partial charge in [0.2, 0.25) is 5.91 Å². The van der Waals surface area contributed by atoms with Crippen molar-refractivity contribution in [2.75, 3.05) is 5.32 Å². The minimum atomic E-state index is -0.631. The predicted octanol–water partition coefficient (Wildman–Crippen LogP) is 5.29. The Morgan fingerprint density at radius 1 is 0.667 bits per heavy atom. The van der Waals surface area contributed by atoms with Crippen molar-refractivity contribution in [3.63, 3.8) is 0 Å². The summed E-state index contributed by atoms with van der Waals surface area (Å²) in [5.41, 5.74) is 6.20. The number of benzene rings is 4. The maximum absolute atomic E-state index is 11.8. The van der Waals surface area contributed by atoms with Crippen LogP contribution in [-0.4, -0.2) is 5.91 Å². The van der Waals surface area contributed by atoms with Crippen molar-refractivity contribution >= 4 is 35.4 Å². The molecule has 4 aromatic rings. The van der Waals surface area contributed by atoms with Gasteiger partial charge < -0.3 is 5.32 Å². The molecule has 0 atom stereocenters. The minimum absolute atomic E-state index is 0.0116. The van der Waals surface area contributed by atoms with Crippen LogP contribution >= 0.6 is 7.92 Å². The fourth-order valence-corrected chi connectivity index (χ4v) is 7.19. The molecule has 4 bridgehead atoms. The Bertz CT molecular complexity index is 1230. The highest BCUT2D eigenvalue weighted by Gasteiger charge is 2.21. The lowest BCUT2D eigenvalue weighted by molar-refractivity contribution is -0.114. The number of carbonyl (C=O) groups excluding carboxylic acids is 1. The zero-order chi connectivity index (χ0) is 22.6. The lowest BCUT2D eigenvalue weighted by atomic mass is 9.95. The average molecular weight is 450 g/mol. The van der Waals surface area contributed by atoms with Gasteiger partial charge in [-0.2, -0.15) is 0 Å². The van der Waals surface area contributed by atoms with E-state index in [4.69, 9.17) is 0 Å². The van der Waals surface area contributed by atoms with E-state index in [-0.39, 0.29) is 5.91 Å². The van der Waals surface area contributed by atoms with Crippen LogP contribution in [-0.2, 0) is 30.5 Å². The molecule has 3 heteroatoms. The Labute approximate surface area is 197 Å². The maximum atomic E-state index is 11.8. The molecular formula is C30H28NOP. The Balaban J connectivity index is 1.59. The topological polar surface area (TPSA) is 29.1 Å². The van der Waals surface area contributed by atoms with Crippen molar-refractivity contribution in [2.24, 2.45) is 0 Å². The number of rotatable bonds is 4. The molecule has 4 aromatic carbocycles. The van der Waals surface area contributed by atoms with Gasteiger partial charge in [0.25, 0.3) is 0 Å². The highest BCUT2D eigenvalue weighted by atomic mass is 31.1. The fourth-order valence-electron chi connectivity index (χ4n) is 4.63. The summed E-state index contributed by atoms with van der Waals surface area (Å²) in [4.78, 5) is 11.8. The zero-order valence-corrected chi connectivity index (χ0v) is 19.8. The molecule has 0 aromatic heterocycles. The van der Waals surface area contributed by atoms with Crippen molar-refractivity contribution in [3.8, 4) is 0 Å². The van der Waals surface area contributed by atoms with Crippen molar-refractivity contribution in [1.82, 2.24) is 0 Å². The summed E-state index contributed by atoms with van der Waals surface area (Å²) in [6.45, 7) is 1.58. The molecule has 0 fully saturated rings. The molecule has 4 aliphatic carbocycles. The summed E-state index contributed by atoms with van der Waals surface area (Å²) < 4.78 is 0. The van der Waals surface area contributed by atoms with E-state index in [1.165, 1.54) is 38.2 Å². The molecule has 2 nitrogen and oxygen atoms in total. The van der Waals surface area contributed by atoms with Gasteiger partial charge in [-0.1, -0.05) is 91.0 Å². The van der Waals surface area contributed by atoms with Crippen LogP contribution in [0.1, 0.15) is 29.2 Å². The second kappa shape index (κ2) is 9.73. The Hall–Kier alpha value is -3.22. The second-order valence-corrected chi connectivity index (χ2v) is 10.8. The third-order valence-electron chi connectivity index (χ3n) is 6.27. The van der Waals surface area contributed by atoms with Gasteiger partial charge in [0.15, 0.2) is 0 Å². The van der Waals surface area contributed by atoms with Crippen molar-refractivity contribution in [1.29, 1.82) is 0 Å². The molecule has 0 heterocycles. The van der Waals surface area contributed by atoms with Gasteiger partial charge in [-0.3, -0.25) is 4.79 Å². The van der Waals surface area contributed by atoms with Gasteiger partial charge in [-0.25, -0.2) is 0 Å². The van der Waals surface area contributed by atoms with Gasteiger partial charge in [-0.15, -0.1) is 0 Å². The van der Waals surface area contributed by atoms with Crippen molar-refractivity contribution in [3.05, 3.63) is 119 Å². The molecule has 0 radical (unpaired) electrons. The first-order valence-corrected chi connectivity index (χ1v) is 12.9. The molecule has 0 saturated carbocycles. The summed E-state index contributed by atoms with van der Waals surface area (Å²) in [6, 6.07) is 35.6. The number of hydrogen-bond acceptors (Lipinski definition) is 1. The number of nitrogens with one attached hydrogen (secondary N) is 1. The van der Waals surface area contributed by atoms with Crippen LogP contribution in [0.5, 0.6) is 0 Å². The van der Waals surface area contributed by atoms with Gasteiger partial charge >= 0.3 is 0 Å². The first-order valence-electron chi connectivity index (χ1n) is 11.6. The van der Waals surface area contributed by atoms with E-state index in [1.807, 2.05) is 0 Å². The molecule has 8 rings (SSSR count). The molecule has 1 N–H and O–H groups in total. The molecule has 0 saturated heterocycles. The molecule has 4 aliphatic rings. The average Bonchev–Trinajstić information content (AvgIpc) is 2.83. The third kappa shape index (κ3) is 4.92. The van der Waals surface area contributed by atoms with Crippen LogP contribution in [0.2, 0.25) is 0 Å². The maximum Gasteiger partial charge on any atom is 0.221 e. The van der Waals surface area contributed by atoms with Gasteiger partial charge in [0, 0.05) is 12.6 Å². The Morgan fingerprint density at radius 3 is 1.82 bits per heavy atom. The van der Waals surface area contributed by atoms with Gasteiger partial charge in [0.05, 0.1) is 0 Å². The van der Waals surface area contributed by atoms with E-state index in [0.29, 0.717) is 0 Å². The van der Waals surface area contributed by atoms with Crippen molar-refractivity contribution in [2.45, 2.75) is 32.6 Å². The van der Waals surface area contributed by atoms with E-state index in [0.717, 1.165) is 31.4 Å². The van der Waals surface area contributed by atoms with Gasteiger partial charge in [0.1, 0.15) is 0 Å². The highest BCUT2D eigenvalue weighted by molar-refractivity contribution is 7.79. The van der Waals surface area contributed by atoms with Crippen LogP contribution < -0.4 is 21.2 Å². The summed E-state index contributed by atoms with van der Waals surface area (Å²) >= 11 is 0. The summed E-state index contributed by atoms with van der Waals surface area (Å²) in [6.07, 6.45) is 3.79. The van der Waals surface area contributed by atoms with Crippen LogP contribution in [0.25, 0.3) is 0 Å². The highest BCUT2D eigenvalue weighted by Crippen LogP contribution is 2.35. The zero-order valence-electron chi connectivity index (χ0n) is 18.9. The van der Waals surface area contributed by atoms with Crippen molar-refractivity contribution < 1.29 is 4.79 Å². The van der Waals surface area contributed by atoms with E-state index in [2.05, 4.69) is 102 Å². The number of carbonyl (C=O) groups is 1. The number of aryl methyl sites for hydroxylation is 4. The predicted molar refractivity (Wildman–Crippen MR) is 141 cm³/mol. The Kier molecular flexibility index (Phi) is 6.37. The quantitative estimate of drug-likeness (QED) is 0.422. The second-order valence-electron chi connectivity index (χ2n) is 8.64.